The van der Waals surface area contributed by atoms with Crippen molar-refractivity contribution in [2.45, 2.75) is 19.6 Å². The number of carbonyl (C=O) groups is 2. The van der Waals surface area contributed by atoms with Gasteiger partial charge in [0.15, 0.2) is 6.10 Å². The second kappa shape index (κ2) is 5.25. The second-order valence-corrected chi connectivity index (χ2v) is 4.21. The molecule has 1 aliphatic rings. The van der Waals surface area contributed by atoms with Crippen LogP contribution >= 0.6 is 0 Å². The van der Waals surface area contributed by atoms with Crippen LogP contribution in [0.25, 0.3) is 0 Å². The Balaban J connectivity index is 2.38. The minimum atomic E-state index is -0.688. The van der Waals surface area contributed by atoms with E-state index in [0.29, 0.717) is 17.0 Å². The van der Waals surface area contributed by atoms with Gasteiger partial charge in [0.1, 0.15) is 12.3 Å². The first-order valence-electron chi connectivity index (χ1n) is 5.78. The van der Waals surface area contributed by atoms with Crippen LogP contribution in [0.4, 0.5) is 5.69 Å². The lowest BCUT2D eigenvalue weighted by molar-refractivity contribution is -0.128. The number of benzene rings is 1. The molecule has 1 unspecified atom stereocenters. The Morgan fingerprint density at radius 2 is 2.32 bits per heavy atom. The molecule has 1 atom stereocenters. The van der Waals surface area contributed by atoms with Gasteiger partial charge < -0.3 is 9.84 Å². The monoisotopic (exact) mass is 265 g/mol. The molecule has 0 aliphatic carbocycles. The highest BCUT2D eigenvalue weighted by molar-refractivity contribution is 6.03. The van der Waals surface area contributed by atoms with E-state index in [9.17, 15) is 9.59 Å². The van der Waals surface area contributed by atoms with Crippen molar-refractivity contribution in [2.75, 3.05) is 11.4 Å². The fourth-order valence-electron chi connectivity index (χ4n) is 1.91. The molecule has 7 nitrogen and oxygen atoms in total. The molecule has 0 aromatic heterocycles. The smallest absolute Gasteiger partial charge is 0.268 e. The first-order chi connectivity index (χ1) is 9.06. The fraction of sp³-hybridized carbons (Fsp3) is 0.333. The zero-order valence-electron chi connectivity index (χ0n) is 10.4. The quantitative estimate of drug-likeness (QED) is 0.380. The number of aliphatic hydroxyl groups excluding tert-OH is 1. The number of aliphatic hydroxyl groups is 1. The van der Waals surface area contributed by atoms with Gasteiger partial charge in [0.2, 0.25) is 0 Å². The number of carbonyl (C=O) groups excluding carboxylic acids is 2. The molecule has 0 fully saturated rings. The third kappa shape index (κ3) is 2.51. The van der Waals surface area contributed by atoms with Gasteiger partial charge >= 0.3 is 0 Å². The van der Waals surface area contributed by atoms with Crippen LogP contribution in [-0.2, 0) is 16.2 Å². The maximum absolute atomic E-state index is 12.0. The third-order valence-corrected chi connectivity index (χ3v) is 2.88. The lowest BCUT2D eigenvalue weighted by Gasteiger charge is -2.32. The normalized spacial score (nSPS) is 17.7. The van der Waals surface area contributed by atoms with Crippen molar-refractivity contribution in [1.29, 1.82) is 0 Å². The van der Waals surface area contributed by atoms with E-state index in [0.717, 1.165) is 0 Å². The zero-order valence-corrected chi connectivity index (χ0v) is 10.4. The number of nitrogens with one attached hydrogen (secondary N) is 1. The van der Waals surface area contributed by atoms with Gasteiger partial charge in [0.05, 0.1) is 12.3 Å². The van der Waals surface area contributed by atoms with E-state index in [-0.39, 0.29) is 19.1 Å². The highest BCUT2D eigenvalue weighted by atomic mass is 16.5. The molecule has 4 N–H and O–H groups in total. The first-order valence-corrected chi connectivity index (χ1v) is 5.78. The van der Waals surface area contributed by atoms with E-state index in [1.165, 1.54) is 4.90 Å². The van der Waals surface area contributed by atoms with Crippen LogP contribution in [0.2, 0.25) is 0 Å². The maximum Gasteiger partial charge on any atom is 0.268 e. The molecule has 102 valence electrons. The molecule has 0 saturated heterocycles. The zero-order chi connectivity index (χ0) is 14.0. The number of hydrogen-bond donors (Lipinski definition) is 3. The Bertz CT molecular complexity index is 518. The van der Waals surface area contributed by atoms with Crippen molar-refractivity contribution < 1.29 is 19.4 Å². The van der Waals surface area contributed by atoms with Gasteiger partial charge in [-0.05, 0) is 24.6 Å². The van der Waals surface area contributed by atoms with Gasteiger partial charge in [0, 0.05) is 0 Å². The molecular weight excluding hydrogens is 250 g/mol. The molecule has 1 aliphatic heterocycles. The van der Waals surface area contributed by atoms with Crippen LogP contribution in [-0.4, -0.2) is 29.6 Å². The molecule has 2 rings (SSSR count). The number of ether oxygens (including phenoxy) is 1. The number of nitrogens with two attached hydrogens (primary N) is 1. The van der Waals surface area contributed by atoms with Crippen molar-refractivity contribution in [3.05, 3.63) is 23.8 Å². The minimum Gasteiger partial charge on any atom is -0.479 e. The average molecular weight is 265 g/mol. The second-order valence-electron chi connectivity index (χ2n) is 4.21. The van der Waals surface area contributed by atoms with Gasteiger partial charge in [-0.1, -0.05) is 6.07 Å². The molecule has 19 heavy (non-hydrogen) atoms. The third-order valence-electron chi connectivity index (χ3n) is 2.88. The highest BCUT2D eigenvalue weighted by Gasteiger charge is 2.32. The predicted octanol–water partition coefficient (Wildman–Crippen LogP) is -0.717. The summed E-state index contributed by atoms with van der Waals surface area (Å²) < 4.78 is 5.47. The molecule has 2 amide bonds. The summed E-state index contributed by atoms with van der Waals surface area (Å²) >= 11 is 0. The summed E-state index contributed by atoms with van der Waals surface area (Å²) in [5, 5.41) is 9.09. The predicted molar refractivity (Wildman–Crippen MR) is 67.1 cm³/mol. The Labute approximate surface area is 109 Å². The Morgan fingerprint density at radius 3 is 2.95 bits per heavy atom. The summed E-state index contributed by atoms with van der Waals surface area (Å²) in [6.07, 6.45) is -0.688. The van der Waals surface area contributed by atoms with Crippen LogP contribution in [0.3, 0.4) is 0 Å². The van der Waals surface area contributed by atoms with Crippen LogP contribution < -0.4 is 20.9 Å². The fourth-order valence-corrected chi connectivity index (χ4v) is 1.91. The average Bonchev–Trinajstić information content (AvgIpc) is 2.42. The Kier molecular flexibility index (Phi) is 3.68. The largest absolute Gasteiger partial charge is 0.479 e. The van der Waals surface area contributed by atoms with Crippen molar-refractivity contribution >= 4 is 17.5 Å². The number of hydrazine groups is 1. The Morgan fingerprint density at radius 1 is 1.58 bits per heavy atom. The SMILES string of the molecule is CC1Oc2cc(CO)ccc2N(CC(=O)NN)C1=O. The highest BCUT2D eigenvalue weighted by Crippen LogP contribution is 2.34. The first kappa shape index (κ1) is 13.3. The number of hydrogen-bond acceptors (Lipinski definition) is 5. The Hall–Kier alpha value is -2.12. The molecule has 0 radical (unpaired) electrons. The molecule has 0 spiro atoms. The summed E-state index contributed by atoms with van der Waals surface area (Å²) in [5.74, 6) is 4.71. The van der Waals surface area contributed by atoms with Crippen LogP contribution in [0.1, 0.15) is 12.5 Å². The van der Waals surface area contributed by atoms with Crippen molar-refractivity contribution in [3.8, 4) is 5.75 Å². The van der Waals surface area contributed by atoms with E-state index >= 15 is 0 Å². The topological polar surface area (TPSA) is 105 Å². The number of amides is 2. The number of anilines is 1. The van der Waals surface area contributed by atoms with Crippen LogP contribution in [0.15, 0.2) is 18.2 Å². The summed E-state index contributed by atoms with van der Waals surface area (Å²) in [6, 6.07) is 4.94. The summed E-state index contributed by atoms with van der Waals surface area (Å²) in [5.41, 5.74) is 3.15. The number of nitrogens with zero attached hydrogens (tertiary/aromatic N) is 1. The van der Waals surface area contributed by atoms with E-state index < -0.39 is 12.0 Å². The number of rotatable bonds is 3. The van der Waals surface area contributed by atoms with Gasteiger partial charge in [-0.25, -0.2) is 5.84 Å². The standard InChI is InChI=1S/C12H15N3O4/c1-7-12(18)15(5-11(17)14-13)9-3-2-8(6-16)4-10(9)19-7/h2-4,7,16H,5-6,13H2,1H3,(H,14,17). The molecule has 1 heterocycles. The van der Waals surface area contributed by atoms with E-state index in [2.05, 4.69) is 0 Å². The summed E-state index contributed by atoms with van der Waals surface area (Å²) in [6.45, 7) is 1.31. The van der Waals surface area contributed by atoms with Gasteiger partial charge in [-0.2, -0.15) is 0 Å². The van der Waals surface area contributed by atoms with Crippen LogP contribution in [0, 0.1) is 0 Å². The van der Waals surface area contributed by atoms with Crippen molar-refractivity contribution in [3.63, 3.8) is 0 Å². The lowest BCUT2D eigenvalue weighted by Crippen LogP contribution is -2.49. The van der Waals surface area contributed by atoms with Crippen LogP contribution in [0.5, 0.6) is 5.75 Å². The van der Waals surface area contributed by atoms with E-state index in [4.69, 9.17) is 15.7 Å². The van der Waals surface area contributed by atoms with E-state index in [1.54, 1.807) is 25.1 Å². The summed E-state index contributed by atoms with van der Waals surface area (Å²) in [4.78, 5) is 24.7. The molecule has 1 aromatic carbocycles. The summed E-state index contributed by atoms with van der Waals surface area (Å²) in [7, 11) is 0. The maximum atomic E-state index is 12.0. The molecule has 1 aromatic rings. The molecular formula is C12H15N3O4. The van der Waals surface area contributed by atoms with Crippen molar-refractivity contribution in [1.82, 2.24) is 5.43 Å². The molecule has 0 bridgehead atoms. The van der Waals surface area contributed by atoms with Gasteiger partial charge in [-0.15, -0.1) is 0 Å². The van der Waals surface area contributed by atoms with Gasteiger partial charge in [-0.3, -0.25) is 19.9 Å². The minimum absolute atomic E-state index is 0.123. The van der Waals surface area contributed by atoms with E-state index in [1.807, 2.05) is 5.43 Å². The molecule has 7 heteroatoms. The van der Waals surface area contributed by atoms with Gasteiger partial charge in [0.25, 0.3) is 11.8 Å². The number of fused-ring (bicyclic) bond motifs is 1. The van der Waals surface area contributed by atoms with Crippen molar-refractivity contribution in [2.24, 2.45) is 5.84 Å². The lowest BCUT2D eigenvalue weighted by atomic mass is 10.1. The molecule has 0 saturated carbocycles.